The SMILES string of the molecule is O=C(O)CSCC(=O)N1C[C@H]2C[C@H](C1)c1ccc(-c3cccs3)c(=O)n1C2. The number of carbonyl (C=O) groups is 2. The highest BCUT2D eigenvalue weighted by Crippen LogP contribution is 2.36. The van der Waals surface area contributed by atoms with Gasteiger partial charge in [0.25, 0.3) is 5.56 Å². The molecule has 2 aliphatic rings. The smallest absolute Gasteiger partial charge is 0.313 e. The predicted octanol–water partition coefficient (Wildman–Crippen LogP) is 2.34. The molecule has 0 unspecified atom stereocenters. The van der Waals surface area contributed by atoms with E-state index in [4.69, 9.17) is 5.11 Å². The molecule has 2 aliphatic heterocycles. The van der Waals surface area contributed by atoms with Crippen molar-refractivity contribution in [2.75, 3.05) is 24.6 Å². The van der Waals surface area contributed by atoms with Crippen LogP contribution in [0.25, 0.3) is 10.4 Å². The summed E-state index contributed by atoms with van der Waals surface area (Å²) < 4.78 is 1.90. The number of amides is 1. The molecule has 8 heteroatoms. The van der Waals surface area contributed by atoms with Crippen LogP contribution in [0.15, 0.2) is 34.4 Å². The highest BCUT2D eigenvalue weighted by Gasteiger charge is 2.36. The topological polar surface area (TPSA) is 79.6 Å². The third-order valence-corrected chi connectivity index (χ3v) is 7.00. The van der Waals surface area contributed by atoms with Crippen LogP contribution >= 0.6 is 23.1 Å². The number of carboxylic acids is 1. The molecule has 4 heterocycles. The molecule has 0 spiro atoms. The molecule has 4 rings (SSSR count). The lowest BCUT2D eigenvalue weighted by molar-refractivity contribution is -0.133. The second kappa shape index (κ2) is 7.52. The molecular weight excluding hydrogens is 384 g/mol. The van der Waals surface area contributed by atoms with Crippen LogP contribution in [0, 0.1) is 5.92 Å². The first kappa shape index (κ1) is 18.3. The largest absolute Gasteiger partial charge is 0.481 e. The van der Waals surface area contributed by atoms with E-state index >= 15 is 0 Å². The average molecular weight is 405 g/mol. The molecule has 6 nitrogen and oxygen atoms in total. The van der Waals surface area contributed by atoms with Gasteiger partial charge in [-0.25, -0.2) is 0 Å². The number of carboxylic acid groups (broad SMARTS) is 1. The number of hydrogen-bond donors (Lipinski definition) is 1. The Morgan fingerprint density at radius 2 is 2.04 bits per heavy atom. The number of fused-ring (bicyclic) bond motifs is 4. The number of pyridine rings is 1. The summed E-state index contributed by atoms with van der Waals surface area (Å²) >= 11 is 2.70. The van der Waals surface area contributed by atoms with Crippen LogP contribution in [0.1, 0.15) is 18.0 Å². The second-order valence-electron chi connectivity index (χ2n) is 7.05. The zero-order chi connectivity index (χ0) is 19.0. The fourth-order valence-corrected chi connectivity index (χ4v) is 5.46. The van der Waals surface area contributed by atoms with Crippen LogP contribution < -0.4 is 5.56 Å². The summed E-state index contributed by atoms with van der Waals surface area (Å²) in [5.41, 5.74) is 1.81. The zero-order valence-electron chi connectivity index (χ0n) is 14.7. The van der Waals surface area contributed by atoms with Crippen molar-refractivity contribution >= 4 is 35.0 Å². The minimum atomic E-state index is -0.904. The van der Waals surface area contributed by atoms with E-state index in [9.17, 15) is 14.4 Å². The van der Waals surface area contributed by atoms with Crippen molar-refractivity contribution in [3.05, 3.63) is 45.7 Å². The molecular formula is C19H20N2O4S2. The molecule has 2 bridgehead atoms. The maximum atomic E-state index is 13.0. The Labute approximate surface area is 164 Å². The highest BCUT2D eigenvalue weighted by molar-refractivity contribution is 8.00. The monoisotopic (exact) mass is 404 g/mol. The van der Waals surface area contributed by atoms with Crippen molar-refractivity contribution in [3.8, 4) is 10.4 Å². The Morgan fingerprint density at radius 1 is 1.19 bits per heavy atom. The Morgan fingerprint density at radius 3 is 2.78 bits per heavy atom. The van der Waals surface area contributed by atoms with Gasteiger partial charge in [-0.1, -0.05) is 6.07 Å². The summed E-state index contributed by atoms with van der Waals surface area (Å²) in [6.07, 6.45) is 0.990. The van der Waals surface area contributed by atoms with E-state index in [-0.39, 0.29) is 34.8 Å². The number of rotatable bonds is 5. The van der Waals surface area contributed by atoms with Crippen LogP contribution in [0.5, 0.6) is 0 Å². The summed E-state index contributed by atoms with van der Waals surface area (Å²) in [6, 6.07) is 7.85. The van der Waals surface area contributed by atoms with E-state index in [2.05, 4.69) is 0 Å². The van der Waals surface area contributed by atoms with Crippen molar-refractivity contribution in [2.45, 2.75) is 18.9 Å². The molecule has 2 aromatic heterocycles. The maximum absolute atomic E-state index is 13.0. The zero-order valence-corrected chi connectivity index (χ0v) is 16.3. The lowest BCUT2D eigenvalue weighted by Crippen LogP contribution is -2.49. The van der Waals surface area contributed by atoms with Crippen molar-refractivity contribution < 1.29 is 14.7 Å². The normalized spacial score (nSPS) is 21.0. The van der Waals surface area contributed by atoms with Gasteiger partial charge in [0.2, 0.25) is 5.91 Å². The summed E-state index contributed by atoms with van der Waals surface area (Å²) in [6.45, 7) is 1.87. The first-order valence-electron chi connectivity index (χ1n) is 8.88. The van der Waals surface area contributed by atoms with Crippen molar-refractivity contribution in [1.29, 1.82) is 0 Å². The molecule has 0 radical (unpaired) electrons. The molecule has 2 aromatic rings. The van der Waals surface area contributed by atoms with Crippen LogP contribution in [0.4, 0.5) is 0 Å². The molecule has 2 atom stereocenters. The number of carbonyl (C=O) groups excluding carboxylic acids is 1. The van der Waals surface area contributed by atoms with Gasteiger partial charge < -0.3 is 14.6 Å². The third-order valence-electron chi connectivity index (χ3n) is 5.19. The van der Waals surface area contributed by atoms with Gasteiger partial charge in [-0.2, -0.15) is 0 Å². The van der Waals surface area contributed by atoms with E-state index in [1.807, 2.05) is 39.1 Å². The van der Waals surface area contributed by atoms with E-state index in [0.29, 0.717) is 19.6 Å². The molecule has 1 saturated heterocycles. The molecule has 1 N–H and O–H groups in total. The number of aromatic nitrogens is 1. The first-order valence-corrected chi connectivity index (χ1v) is 10.9. The van der Waals surface area contributed by atoms with E-state index < -0.39 is 5.97 Å². The van der Waals surface area contributed by atoms with Crippen molar-refractivity contribution in [2.24, 2.45) is 5.92 Å². The van der Waals surface area contributed by atoms with Gasteiger partial charge in [0.05, 0.1) is 17.1 Å². The third kappa shape index (κ3) is 3.68. The van der Waals surface area contributed by atoms with Crippen molar-refractivity contribution in [3.63, 3.8) is 0 Å². The fourth-order valence-electron chi connectivity index (χ4n) is 4.09. The Hall–Kier alpha value is -2.06. The number of nitrogens with zero attached hydrogens (tertiary/aromatic N) is 2. The number of hydrogen-bond acceptors (Lipinski definition) is 5. The summed E-state index contributed by atoms with van der Waals surface area (Å²) in [4.78, 5) is 38.9. The van der Waals surface area contributed by atoms with Gasteiger partial charge in [-0.15, -0.1) is 23.1 Å². The molecule has 1 amide bonds. The molecule has 1 fully saturated rings. The van der Waals surface area contributed by atoms with Crippen molar-refractivity contribution in [1.82, 2.24) is 9.47 Å². The molecule has 27 heavy (non-hydrogen) atoms. The number of thioether (sulfide) groups is 1. The van der Waals surface area contributed by atoms with Gasteiger partial charge in [-0.05, 0) is 35.9 Å². The van der Waals surface area contributed by atoms with E-state index in [1.165, 1.54) is 0 Å². The predicted molar refractivity (Wildman–Crippen MR) is 106 cm³/mol. The Bertz CT molecular complexity index is 922. The van der Waals surface area contributed by atoms with Gasteiger partial charge in [-0.3, -0.25) is 14.4 Å². The van der Waals surface area contributed by atoms with Gasteiger partial charge >= 0.3 is 5.97 Å². The quantitative estimate of drug-likeness (QED) is 0.827. The minimum Gasteiger partial charge on any atom is -0.481 e. The first-order chi connectivity index (χ1) is 13.0. The summed E-state index contributed by atoms with van der Waals surface area (Å²) in [7, 11) is 0. The lowest BCUT2D eigenvalue weighted by Gasteiger charge is -2.43. The number of piperidine rings is 1. The van der Waals surface area contributed by atoms with Crippen LogP contribution in [-0.4, -0.2) is 51.0 Å². The van der Waals surface area contributed by atoms with E-state index in [1.54, 1.807) is 11.3 Å². The Balaban J connectivity index is 1.53. The number of aliphatic carboxylic acids is 1. The standard InChI is InChI=1S/C19H20N2O4S2/c22-17(10-26-11-18(23)24)20-7-12-6-13(9-20)15-4-3-14(16-2-1-5-27-16)19(25)21(15)8-12/h1-5,12-13H,6-11H2,(H,23,24)/t12-,13-/m1/s1. The summed E-state index contributed by atoms with van der Waals surface area (Å²) in [5.74, 6) is -0.358. The van der Waals surface area contributed by atoms with Gasteiger partial charge in [0, 0.05) is 36.1 Å². The lowest BCUT2D eigenvalue weighted by atomic mass is 9.83. The van der Waals surface area contributed by atoms with E-state index in [0.717, 1.165) is 34.3 Å². The number of likely N-dealkylation sites (tertiary alicyclic amines) is 1. The van der Waals surface area contributed by atoms with Gasteiger partial charge in [0.1, 0.15) is 0 Å². The number of thiophene rings is 1. The molecule has 142 valence electrons. The molecule has 0 aliphatic carbocycles. The minimum absolute atomic E-state index is 0.0121. The highest BCUT2D eigenvalue weighted by atomic mass is 32.2. The average Bonchev–Trinajstić information content (AvgIpc) is 3.16. The molecule has 0 aromatic carbocycles. The van der Waals surface area contributed by atoms with Gasteiger partial charge in [0.15, 0.2) is 0 Å². The Kier molecular flexibility index (Phi) is 5.10. The van der Waals surface area contributed by atoms with Crippen LogP contribution in [-0.2, 0) is 16.1 Å². The maximum Gasteiger partial charge on any atom is 0.313 e. The fraction of sp³-hybridized carbons (Fsp3) is 0.421. The van der Waals surface area contributed by atoms with Crippen LogP contribution in [0.3, 0.4) is 0 Å². The second-order valence-corrected chi connectivity index (χ2v) is 8.98. The molecule has 0 saturated carbocycles. The van der Waals surface area contributed by atoms with Crippen LogP contribution in [0.2, 0.25) is 0 Å². The summed E-state index contributed by atoms with van der Waals surface area (Å²) in [5, 5.41) is 10.7.